The molecule has 0 amide bonds. The summed E-state index contributed by atoms with van der Waals surface area (Å²) in [6, 6.07) is 9.23. The average molecular weight is 230 g/mol. The monoisotopic (exact) mass is 230 g/mol. The quantitative estimate of drug-likeness (QED) is 0.759. The van der Waals surface area contributed by atoms with Crippen LogP contribution in [-0.2, 0) is 4.79 Å². The van der Waals surface area contributed by atoms with E-state index in [0.29, 0.717) is 18.7 Å². The molecule has 1 N–H and O–H groups in total. The number of nitriles is 1. The lowest BCUT2D eigenvalue weighted by Crippen LogP contribution is -2.26. The molecule has 0 radical (unpaired) electrons. The number of nitrogens with zero attached hydrogens (tertiary/aromatic N) is 2. The van der Waals surface area contributed by atoms with Crippen LogP contribution < -0.4 is 4.90 Å². The van der Waals surface area contributed by atoms with Gasteiger partial charge in [-0.05, 0) is 12.1 Å². The number of rotatable bonds is 6. The van der Waals surface area contributed by atoms with E-state index in [9.17, 15) is 4.79 Å². The standard InChI is InChI=1S/C13H14N2O2/c1-2-8-15(9-7-13(16)17)12-6-4-3-5-11(12)10-14/h2-6H,1,7-9H2,(H,16,17). The number of hydrogen-bond acceptors (Lipinski definition) is 3. The van der Waals surface area contributed by atoms with Gasteiger partial charge >= 0.3 is 5.97 Å². The van der Waals surface area contributed by atoms with Gasteiger partial charge < -0.3 is 10.0 Å². The summed E-state index contributed by atoms with van der Waals surface area (Å²) in [6.45, 7) is 4.52. The van der Waals surface area contributed by atoms with E-state index in [1.54, 1.807) is 18.2 Å². The first-order chi connectivity index (χ1) is 8.19. The Labute approximate surface area is 100 Å². The highest BCUT2D eigenvalue weighted by molar-refractivity contribution is 5.68. The van der Waals surface area contributed by atoms with Crippen molar-refractivity contribution in [3.63, 3.8) is 0 Å². The van der Waals surface area contributed by atoms with Crippen molar-refractivity contribution in [3.8, 4) is 6.07 Å². The van der Waals surface area contributed by atoms with Gasteiger partial charge in [-0.2, -0.15) is 5.26 Å². The molecular formula is C13H14N2O2. The molecule has 4 nitrogen and oxygen atoms in total. The van der Waals surface area contributed by atoms with Crippen LogP contribution in [0.5, 0.6) is 0 Å². The molecule has 0 aliphatic carbocycles. The maximum atomic E-state index is 10.6. The number of benzene rings is 1. The van der Waals surface area contributed by atoms with Gasteiger partial charge in [-0.3, -0.25) is 4.79 Å². The minimum Gasteiger partial charge on any atom is -0.481 e. The van der Waals surface area contributed by atoms with Gasteiger partial charge in [0, 0.05) is 13.1 Å². The van der Waals surface area contributed by atoms with E-state index >= 15 is 0 Å². The molecule has 0 aliphatic rings. The van der Waals surface area contributed by atoms with Crippen molar-refractivity contribution in [3.05, 3.63) is 42.5 Å². The Morgan fingerprint density at radius 2 is 2.24 bits per heavy atom. The molecule has 1 rings (SSSR count). The first-order valence-corrected chi connectivity index (χ1v) is 5.25. The average Bonchev–Trinajstić information content (AvgIpc) is 2.34. The van der Waals surface area contributed by atoms with Crippen molar-refractivity contribution in [2.45, 2.75) is 6.42 Å². The van der Waals surface area contributed by atoms with Crippen molar-refractivity contribution < 1.29 is 9.90 Å². The van der Waals surface area contributed by atoms with E-state index in [-0.39, 0.29) is 6.42 Å². The topological polar surface area (TPSA) is 64.3 Å². The lowest BCUT2D eigenvalue weighted by atomic mass is 10.1. The Morgan fingerprint density at radius 3 is 2.82 bits per heavy atom. The van der Waals surface area contributed by atoms with Crippen molar-refractivity contribution in [1.29, 1.82) is 5.26 Å². The van der Waals surface area contributed by atoms with Crippen LogP contribution in [0.3, 0.4) is 0 Å². The van der Waals surface area contributed by atoms with E-state index in [1.807, 2.05) is 17.0 Å². The van der Waals surface area contributed by atoms with Crippen LogP contribution in [0, 0.1) is 11.3 Å². The molecule has 0 heterocycles. The number of carboxylic acids is 1. The molecule has 0 saturated heterocycles. The molecule has 17 heavy (non-hydrogen) atoms. The van der Waals surface area contributed by atoms with Gasteiger partial charge in [-0.25, -0.2) is 0 Å². The van der Waals surface area contributed by atoms with Gasteiger partial charge in [-0.15, -0.1) is 6.58 Å². The lowest BCUT2D eigenvalue weighted by Gasteiger charge is -2.23. The molecule has 0 fully saturated rings. The molecule has 0 bridgehead atoms. The van der Waals surface area contributed by atoms with Crippen molar-refractivity contribution in [2.24, 2.45) is 0 Å². The summed E-state index contributed by atoms with van der Waals surface area (Å²) in [4.78, 5) is 12.4. The zero-order valence-corrected chi connectivity index (χ0v) is 9.47. The van der Waals surface area contributed by atoms with Crippen LogP contribution in [-0.4, -0.2) is 24.2 Å². The van der Waals surface area contributed by atoms with E-state index < -0.39 is 5.97 Å². The molecule has 0 atom stereocenters. The van der Waals surface area contributed by atoms with Gasteiger partial charge in [0.2, 0.25) is 0 Å². The van der Waals surface area contributed by atoms with Gasteiger partial charge in [0.1, 0.15) is 6.07 Å². The fraction of sp³-hybridized carbons (Fsp3) is 0.231. The third kappa shape index (κ3) is 3.65. The van der Waals surface area contributed by atoms with Crippen molar-refractivity contribution >= 4 is 11.7 Å². The Bertz CT molecular complexity index is 449. The van der Waals surface area contributed by atoms with Gasteiger partial charge in [0.25, 0.3) is 0 Å². The summed E-state index contributed by atoms with van der Waals surface area (Å²) in [7, 11) is 0. The molecule has 0 aliphatic heterocycles. The summed E-state index contributed by atoms with van der Waals surface area (Å²) in [5.41, 5.74) is 1.29. The van der Waals surface area contributed by atoms with E-state index in [2.05, 4.69) is 12.6 Å². The highest BCUT2D eigenvalue weighted by Crippen LogP contribution is 2.19. The Kier molecular flexibility index (Phi) is 4.77. The van der Waals surface area contributed by atoms with Crippen LogP contribution in [0.1, 0.15) is 12.0 Å². The zero-order chi connectivity index (χ0) is 12.7. The predicted octanol–water partition coefficient (Wildman–Crippen LogP) is 2.03. The third-order valence-electron chi connectivity index (χ3n) is 2.31. The summed E-state index contributed by atoms with van der Waals surface area (Å²) >= 11 is 0. The third-order valence-corrected chi connectivity index (χ3v) is 2.31. The Hall–Kier alpha value is -2.28. The maximum Gasteiger partial charge on any atom is 0.305 e. The first kappa shape index (κ1) is 12.8. The molecule has 4 heteroatoms. The highest BCUT2D eigenvalue weighted by atomic mass is 16.4. The molecule has 0 aromatic heterocycles. The SMILES string of the molecule is C=CCN(CCC(=O)O)c1ccccc1C#N. The number of para-hydroxylation sites is 1. The van der Waals surface area contributed by atoms with Crippen LogP contribution >= 0.6 is 0 Å². The smallest absolute Gasteiger partial charge is 0.305 e. The summed E-state index contributed by atoms with van der Waals surface area (Å²) in [5, 5.41) is 17.7. The second-order valence-corrected chi connectivity index (χ2v) is 3.51. The van der Waals surface area contributed by atoms with E-state index in [4.69, 9.17) is 10.4 Å². The summed E-state index contributed by atoms with van der Waals surface area (Å²) in [6.07, 6.45) is 1.73. The van der Waals surface area contributed by atoms with Gasteiger partial charge in [-0.1, -0.05) is 18.2 Å². The second-order valence-electron chi connectivity index (χ2n) is 3.51. The number of anilines is 1. The van der Waals surface area contributed by atoms with Crippen LogP contribution in [0.2, 0.25) is 0 Å². The minimum absolute atomic E-state index is 0.0353. The van der Waals surface area contributed by atoms with Gasteiger partial charge in [0.15, 0.2) is 0 Å². The van der Waals surface area contributed by atoms with Crippen LogP contribution in [0.25, 0.3) is 0 Å². The molecule has 1 aromatic rings. The molecule has 0 saturated carbocycles. The number of hydrogen-bond donors (Lipinski definition) is 1. The molecule has 88 valence electrons. The number of carbonyl (C=O) groups is 1. The summed E-state index contributed by atoms with van der Waals surface area (Å²) in [5.74, 6) is -0.853. The lowest BCUT2D eigenvalue weighted by molar-refractivity contribution is -0.136. The minimum atomic E-state index is -0.853. The molecule has 0 unspecified atom stereocenters. The van der Waals surface area contributed by atoms with Crippen LogP contribution in [0.4, 0.5) is 5.69 Å². The highest BCUT2D eigenvalue weighted by Gasteiger charge is 2.10. The molecule has 0 spiro atoms. The van der Waals surface area contributed by atoms with Crippen LogP contribution in [0.15, 0.2) is 36.9 Å². The molecular weight excluding hydrogens is 216 g/mol. The van der Waals surface area contributed by atoms with E-state index in [0.717, 1.165) is 5.69 Å². The fourth-order valence-electron chi connectivity index (χ4n) is 1.54. The fourth-order valence-corrected chi connectivity index (χ4v) is 1.54. The number of carboxylic acid groups (broad SMARTS) is 1. The largest absolute Gasteiger partial charge is 0.481 e. The second kappa shape index (κ2) is 6.33. The Morgan fingerprint density at radius 1 is 1.53 bits per heavy atom. The van der Waals surface area contributed by atoms with Crippen molar-refractivity contribution in [1.82, 2.24) is 0 Å². The Balaban J connectivity index is 2.92. The normalized spacial score (nSPS) is 9.35. The number of aliphatic carboxylic acids is 1. The first-order valence-electron chi connectivity index (χ1n) is 5.25. The zero-order valence-electron chi connectivity index (χ0n) is 9.47. The van der Waals surface area contributed by atoms with Crippen molar-refractivity contribution in [2.75, 3.05) is 18.0 Å². The van der Waals surface area contributed by atoms with E-state index in [1.165, 1.54) is 0 Å². The maximum absolute atomic E-state index is 10.6. The molecule has 1 aromatic carbocycles. The predicted molar refractivity (Wildman–Crippen MR) is 65.8 cm³/mol. The summed E-state index contributed by atoms with van der Waals surface area (Å²) < 4.78 is 0. The van der Waals surface area contributed by atoms with Gasteiger partial charge in [0.05, 0.1) is 17.7 Å².